The minimum atomic E-state index is -0.852. The first-order chi connectivity index (χ1) is 5.63. The molecule has 1 aliphatic rings. The Morgan fingerprint density at radius 1 is 1.58 bits per heavy atom. The molecule has 1 saturated carbocycles. The van der Waals surface area contributed by atoms with Crippen LogP contribution in [0.25, 0.3) is 0 Å². The number of carbonyl (C=O) groups excluding carboxylic acids is 1. The van der Waals surface area contributed by atoms with Gasteiger partial charge in [0.05, 0.1) is 5.92 Å². The van der Waals surface area contributed by atoms with E-state index in [2.05, 4.69) is 0 Å². The molecule has 0 amide bonds. The van der Waals surface area contributed by atoms with E-state index in [-0.39, 0.29) is 11.7 Å². The number of rotatable bonds is 2. The molecule has 12 heavy (non-hydrogen) atoms. The zero-order valence-corrected chi connectivity index (χ0v) is 7.25. The molecule has 3 nitrogen and oxygen atoms in total. The molecule has 1 N–H and O–H groups in total. The van der Waals surface area contributed by atoms with Crippen LogP contribution in [0.1, 0.15) is 32.6 Å². The highest BCUT2D eigenvalue weighted by molar-refractivity contribution is 5.86. The zero-order chi connectivity index (χ0) is 9.14. The predicted octanol–water partition coefficient (Wildman–Crippen LogP) is 1.47. The van der Waals surface area contributed by atoms with Gasteiger partial charge in [0.2, 0.25) is 0 Å². The fourth-order valence-corrected chi connectivity index (χ4v) is 1.71. The molecule has 1 aliphatic carbocycles. The SMILES string of the molecule is CC(C(=O)O)C1CCCCC1=O. The van der Waals surface area contributed by atoms with Crippen molar-refractivity contribution in [1.82, 2.24) is 0 Å². The summed E-state index contributed by atoms with van der Waals surface area (Å²) in [5.74, 6) is -1.44. The molecule has 0 aromatic rings. The molecule has 0 saturated heterocycles. The number of carbonyl (C=O) groups is 2. The Morgan fingerprint density at radius 2 is 2.25 bits per heavy atom. The van der Waals surface area contributed by atoms with E-state index >= 15 is 0 Å². The lowest BCUT2D eigenvalue weighted by molar-refractivity contribution is -0.146. The maximum Gasteiger partial charge on any atom is 0.306 e. The average Bonchev–Trinajstić information content (AvgIpc) is 2.04. The minimum Gasteiger partial charge on any atom is -0.481 e. The summed E-state index contributed by atoms with van der Waals surface area (Å²) in [5.41, 5.74) is 0. The fourth-order valence-electron chi connectivity index (χ4n) is 1.71. The Morgan fingerprint density at radius 3 is 2.75 bits per heavy atom. The van der Waals surface area contributed by atoms with Gasteiger partial charge in [-0.25, -0.2) is 0 Å². The standard InChI is InChI=1S/C9H14O3/c1-6(9(11)12)7-4-2-3-5-8(7)10/h6-7H,2-5H2,1H3,(H,11,12). The smallest absolute Gasteiger partial charge is 0.306 e. The molecule has 2 atom stereocenters. The second kappa shape index (κ2) is 3.70. The summed E-state index contributed by atoms with van der Waals surface area (Å²) in [6, 6.07) is 0. The largest absolute Gasteiger partial charge is 0.481 e. The topological polar surface area (TPSA) is 54.4 Å². The maximum absolute atomic E-state index is 11.3. The van der Waals surface area contributed by atoms with Gasteiger partial charge in [-0.3, -0.25) is 9.59 Å². The number of Topliss-reactive ketones (excluding diaryl/α,β-unsaturated/α-hetero) is 1. The van der Waals surface area contributed by atoms with Gasteiger partial charge >= 0.3 is 5.97 Å². The van der Waals surface area contributed by atoms with Crippen LogP contribution in [-0.4, -0.2) is 16.9 Å². The fraction of sp³-hybridized carbons (Fsp3) is 0.778. The van der Waals surface area contributed by atoms with E-state index in [4.69, 9.17) is 5.11 Å². The van der Waals surface area contributed by atoms with Crippen LogP contribution in [0.2, 0.25) is 0 Å². The van der Waals surface area contributed by atoms with E-state index in [1.165, 1.54) is 0 Å². The molecule has 1 fully saturated rings. The number of hydrogen-bond donors (Lipinski definition) is 1. The zero-order valence-electron chi connectivity index (χ0n) is 7.25. The normalized spacial score (nSPS) is 26.8. The lowest BCUT2D eigenvalue weighted by atomic mass is 9.80. The highest BCUT2D eigenvalue weighted by atomic mass is 16.4. The van der Waals surface area contributed by atoms with Gasteiger partial charge in [-0.05, 0) is 12.8 Å². The summed E-state index contributed by atoms with van der Waals surface area (Å²) < 4.78 is 0. The van der Waals surface area contributed by atoms with Gasteiger partial charge in [-0.15, -0.1) is 0 Å². The first kappa shape index (κ1) is 9.23. The first-order valence-electron chi connectivity index (χ1n) is 4.38. The van der Waals surface area contributed by atoms with Crippen molar-refractivity contribution in [3.8, 4) is 0 Å². The first-order valence-corrected chi connectivity index (χ1v) is 4.38. The Kier molecular flexibility index (Phi) is 2.84. The molecule has 0 bridgehead atoms. The second-order valence-electron chi connectivity index (χ2n) is 3.45. The van der Waals surface area contributed by atoms with E-state index in [0.717, 1.165) is 19.3 Å². The number of carboxylic acid groups (broad SMARTS) is 1. The molecule has 0 aromatic heterocycles. The van der Waals surface area contributed by atoms with Crippen molar-refractivity contribution >= 4 is 11.8 Å². The second-order valence-corrected chi connectivity index (χ2v) is 3.45. The van der Waals surface area contributed by atoms with E-state index in [1.54, 1.807) is 6.92 Å². The molecule has 0 aliphatic heterocycles. The highest BCUT2D eigenvalue weighted by Gasteiger charge is 2.31. The van der Waals surface area contributed by atoms with Crippen LogP contribution < -0.4 is 0 Å². The third-order valence-electron chi connectivity index (χ3n) is 2.59. The summed E-state index contributed by atoms with van der Waals surface area (Å²) in [4.78, 5) is 21.9. The lowest BCUT2D eigenvalue weighted by Crippen LogP contribution is -2.30. The van der Waals surface area contributed by atoms with Crippen molar-refractivity contribution < 1.29 is 14.7 Å². The molecule has 68 valence electrons. The molecular weight excluding hydrogens is 156 g/mol. The quantitative estimate of drug-likeness (QED) is 0.682. The summed E-state index contributed by atoms with van der Waals surface area (Å²) in [5, 5.41) is 8.70. The molecule has 0 radical (unpaired) electrons. The molecule has 0 heterocycles. The Balaban J connectivity index is 2.59. The van der Waals surface area contributed by atoms with Crippen LogP contribution in [0, 0.1) is 11.8 Å². The van der Waals surface area contributed by atoms with E-state index < -0.39 is 11.9 Å². The number of carboxylic acids is 1. The average molecular weight is 170 g/mol. The Bertz CT molecular complexity index is 198. The van der Waals surface area contributed by atoms with Gasteiger partial charge in [0.15, 0.2) is 0 Å². The highest BCUT2D eigenvalue weighted by Crippen LogP contribution is 2.26. The third-order valence-corrected chi connectivity index (χ3v) is 2.59. The number of hydrogen-bond acceptors (Lipinski definition) is 2. The van der Waals surface area contributed by atoms with Crippen molar-refractivity contribution in [3.63, 3.8) is 0 Å². The van der Waals surface area contributed by atoms with Gasteiger partial charge in [0, 0.05) is 12.3 Å². The number of aliphatic carboxylic acids is 1. The summed E-state index contributed by atoms with van der Waals surface area (Å²) in [7, 11) is 0. The van der Waals surface area contributed by atoms with Crippen LogP contribution in [0.15, 0.2) is 0 Å². The monoisotopic (exact) mass is 170 g/mol. The van der Waals surface area contributed by atoms with Gasteiger partial charge < -0.3 is 5.11 Å². The molecule has 2 unspecified atom stereocenters. The van der Waals surface area contributed by atoms with E-state index in [0.29, 0.717) is 6.42 Å². The minimum absolute atomic E-state index is 0.135. The van der Waals surface area contributed by atoms with Crippen molar-refractivity contribution in [3.05, 3.63) is 0 Å². The van der Waals surface area contributed by atoms with Gasteiger partial charge in [0.1, 0.15) is 5.78 Å². The third kappa shape index (κ3) is 1.84. The van der Waals surface area contributed by atoms with Gasteiger partial charge in [0.25, 0.3) is 0 Å². The molecule has 0 aromatic carbocycles. The van der Waals surface area contributed by atoms with Crippen LogP contribution in [0.3, 0.4) is 0 Å². The van der Waals surface area contributed by atoms with Gasteiger partial charge in [-0.1, -0.05) is 13.3 Å². The van der Waals surface area contributed by atoms with Crippen molar-refractivity contribution in [2.24, 2.45) is 11.8 Å². The molecule has 1 rings (SSSR count). The van der Waals surface area contributed by atoms with Crippen molar-refractivity contribution in [1.29, 1.82) is 0 Å². The van der Waals surface area contributed by atoms with E-state index in [1.807, 2.05) is 0 Å². The van der Waals surface area contributed by atoms with Crippen LogP contribution in [0.4, 0.5) is 0 Å². The van der Waals surface area contributed by atoms with Crippen molar-refractivity contribution in [2.45, 2.75) is 32.6 Å². The van der Waals surface area contributed by atoms with Crippen LogP contribution in [0.5, 0.6) is 0 Å². The number of ketones is 1. The lowest BCUT2D eigenvalue weighted by Gasteiger charge is -2.23. The molecular formula is C9H14O3. The van der Waals surface area contributed by atoms with Crippen LogP contribution in [-0.2, 0) is 9.59 Å². The van der Waals surface area contributed by atoms with E-state index in [9.17, 15) is 9.59 Å². The summed E-state index contributed by atoms with van der Waals surface area (Å²) in [6.07, 6.45) is 3.25. The Labute approximate surface area is 71.8 Å². The van der Waals surface area contributed by atoms with Crippen LogP contribution >= 0.6 is 0 Å². The summed E-state index contributed by atoms with van der Waals surface area (Å²) >= 11 is 0. The molecule has 0 spiro atoms. The maximum atomic E-state index is 11.3. The summed E-state index contributed by atoms with van der Waals surface area (Å²) in [6.45, 7) is 1.62. The molecule has 3 heteroatoms. The Hall–Kier alpha value is -0.860. The predicted molar refractivity (Wildman–Crippen MR) is 43.8 cm³/mol. The van der Waals surface area contributed by atoms with Crippen molar-refractivity contribution in [2.75, 3.05) is 0 Å². The van der Waals surface area contributed by atoms with Gasteiger partial charge in [-0.2, -0.15) is 0 Å².